The first kappa shape index (κ1) is 15.2. The Labute approximate surface area is 103 Å². The van der Waals surface area contributed by atoms with E-state index >= 15 is 0 Å². The summed E-state index contributed by atoms with van der Waals surface area (Å²) in [6, 6.07) is 1.58. The molecule has 106 valence electrons. The van der Waals surface area contributed by atoms with Gasteiger partial charge in [-0.25, -0.2) is 4.79 Å². The second kappa shape index (κ2) is 6.35. The van der Waals surface area contributed by atoms with Crippen molar-refractivity contribution in [3.05, 3.63) is 0 Å². The van der Waals surface area contributed by atoms with Gasteiger partial charge in [-0.2, -0.15) is 13.2 Å². The molecule has 2 aliphatic heterocycles. The van der Waals surface area contributed by atoms with Crippen molar-refractivity contribution >= 4 is 5.97 Å². The Morgan fingerprint density at radius 2 is 2.17 bits per heavy atom. The molecule has 8 heteroatoms. The Morgan fingerprint density at radius 3 is 2.50 bits per heavy atom. The lowest BCUT2D eigenvalue weighted by Crippen LogP contribution is -2.44. The summed E-state index contributed by atoms with van der Waals surface area (Å²) in [5.74, 6) is -2.76. The molecule has 2 aliphatic rings. The van der Waals surface area contributed by atoms with Crippen LogP contribution in [-0.2, 0) is 9.53 Å². The zero-order valence-corrected chi connectivity index (χ0v) is 10.0. The van der Waals surface area contributed by atoms with E-state index in [-0.39, 0.29) is 0 Å². The van der Waals surface area contributed by atoms with Crippen molar-refractivity contribution in [1.29, 1.82) is 0 Å². The molecule has 2 bridgehead atoms. The molecule has 2 saturated heterocycles. The third kappa shape index (κ3) is 4.43. The van der Waals surface area contributed by atoms with Crippen LogP contribution in [0.4, 0.5) is 13.2 Å². The minimum atomic E-state index is -5.08. The van der Waals surface area contributed by atoms with Crippen LogP contribution in [0, 0.1) is 0 Å². The lowest BCUT2D eigenvalue weighted by molar-refractivity contribution is -0.192. The molecule has 18 heavy (non-hydrogen) atoms. The number of nitrogens with zero attached hydrogens (tertiary/aromatic N) is 1. The molecule has 0 aromatic heterocycles. The van der Waals surface area contributed by atoms with Crippen LogP contribution in [0.1, 0.15) is 6.42 Å². The highest BCUT2D eigenvalue weighted by Crippen LogP contribution is 2.22. The molecule has 5 nitrogen and oxygen atoms in total. The van der Waals surface area contributed by atoms with Gasteiger partial charge in [0.05, 0.1) is 6.61 Å². The van der Waals surface area contributed by atoms with Gasteiger partial charge in [0.1, 0.15) is 0 Å². The molecule has 0 radical (unpaired) electrons. The fourth-order valence-corrected chi connectivity index (χ4v) is 2.13. The zero-order valence-electron chi connectivity index (χ0n) is 10.0. The Bertz CT molecular complexity index is 286. The average Bonchev–Trinajstić information content (AvgIpc) is 2.87. The van der Waals surface area contributed by atoms with Gasteiger partial charge in [0.2, 0.25) is 0 Å². The predicted molar refractivity (Wildman–Crippen MR) is 57.3 cm³/mol. The molecule has 0 spiro atoms. The largest absolute Gasteiger partial charge is 0.490 e. The fourth-order valence-electron chi connectivity index (χ4n) is 2.13. The van der Waals surface area contributed by atoms with Crippen LogP contribution in [0.2, 0.25) is 0 Å². The number of alkyl halides is 3. The van der Waals surface area contributed by atoms with Gasteiger partial charge in [0.15, 0.2) is 0 Å². The van der Waals surface area contributed by atoms with Crippen molar-refractivity contribution in [1.82, 2.24) is 10.2 Å². The van der Waals surface area contributed by atoms with Crippen LogP contribution in [-0.4, -0.2) is 67.6 Å². The number of carboxylic acid groups (broad SMARTS) is 1. The molecular weight excluding hydrogens is 253 g/mol. The van der Waals surface area contributed by atoms with Gasteiger partial charge in [0, 0.05) is 38.8 Å². The average molecular weight is 270 g/mol. The number of fused-ring (bicyclic) bond motifs is 2. The van der Waals surface area contributed by atoms with Crippen LogP contribution in [0.3, 0.4) is 0 Å². The molecule has 2 heterocycles. The van der Waals surface area contributed by atoms with E-state index in [1.54, 1.807) is 7.11 Å². The standard InChI is InChI=1S/C8H16N2O.C2HF3O2/c1-11-3-2-10-6-7-4-8(10)5-9-7;3-2(4,5)1(6)7/h7-9H,2-6H2,1H3;(H,6,7)/t7-,8-;/m0./s1. The monoisotopic (exact) mass is 270 g/mol. The van der Waals surface area contributed by atoms with Gasteiger partial charge in [-0.3, -0.25) is 4.90 Å². The number of carbonyl (C=O) groups is 1. The molecule has 0 amide bonds. The molecule has 0 aromatic carbocycles. The number of ether oxygens (including phenoxy) is 1. The quantitative estimate of drug-likeness (QED) is 0.773. The van der Waals surface area contributed by atoms with Crippen molar-refractivity contribution in [3.63, 3.8) is 0 Å². The highest BCUT2D eigenvalue weighted by Gasteiger charge is 2.38. The number of methoxy groups -OCH3 is 1. The van der Waals surface area contributed by atoms with E-state index in [1.807, 2.05) is 0 Å². The normalized spacial score (nSPS) is 26.9. The smallest absolute Gasteiger partial charge is 0.475 e. The number of likely N-dealkylation sites (tertiary alicyclic amines) is 1. The Morgan fingerprint density at radius 1 is 1.56 bits per heavy atom. The lowest BCUT2D eigenvalue weighted by atomic mass is 10.2. The summed E-state index contributed by atoms with van der Waals surface area (Å²) >= 11 is 0. The number of aliphatic carboxylic acids is 1. The first-order valence-corrected chi connectivity index (χ1v) is 5.61. The second-order valence-corrected chi connectivity index (χ2v) is 4.29. The number of halogens is 3. The summed E-state index contributed by atoms with van der Waals surface area (Å²) in [7, 11) is 1.77. The van der Waals surface area contributed by atoms with E-state index in [0.717, 1.165) is 25.2 Å². The first-order valence-electron chi connectivity index (χ1n) is 5.61. The summed E-state index contributed by atoms with van der Waals surface area (Å²) in [4.78, 5) is 11.4. The minimum absolute atomic E-state index is 0.775. The Kier molecular flexibility index (Phi) is 5.36. The summed E-state index contributed by atoms with van der Waals surface area (Å²) < 4.78 is 36.8. The maximum Gasteiger partial charge on any atom is 0.490 e. The number of hydrogen-bond donors (Lipinski definition) is 2. The topological polar surface area (TPSA) is 61.8 Å². The van der Waals surface area contributed by atoms with E-state index in [1.165, 1.54) is 19.5 Å². The molecule has 2 fully saturated rings. The summed E-state index contributed by atoms with van der Waals surface area (Å²) in [5, 5.41) is 10.6. The highest BCUT2D eigenvalue weighted by molar-refractivity contribution is 5.73. The van der Waals surface area contributed by atoms with Crippen LogP contribution >= 0.6 is 0 Å². The first-order chi connectivity index (χ1) is 8.34. The molecule has 0 unspecified atom stereocenters. The van der Waals surface area contributed by atoms with E-state index in [0.29, 0.717) is 0 Å². The van der Waals surface area contributed by atoms with Crippen molar-refractivity contribution < 1.29 is 27.8 Å². The van der Waals surface area contributed by atoms with Crippen LogP contribution in [0.5, 0.6) is 0 Å². The number of hydrogen-bond acceptors (Lipinski definition) is 4. The van der Waals surface area contributed by atoms with Crippen LogP contribution < -0.4 is 5.32 Å². The van der Waals surface area contributed by atoms with E-state index in [4.69, 9.17) is 14.6 Å². The van der Waals surface area contributed by atoms with Crippen LogP contribution in [0.25, 0.3) is 0 Å². The van der Waals surface area contributed by atoms with E-state index in [9.17, 15) is 13.2 Å². The van der Waals surface area contributed by atoms with Gasteiger partial charge < -0.3 is 15.2 Å². The molecular formula is C10H17F3N2O3. The minimum Gasteiger partial charge on any atom is -0.475 e. The maximum atomic E-state index is 10.6. The summed E-state index contributed by atoms with van der Waals surface area (Å²) in [5.41, 5.74) is 0. The lowest BCUT2D eigenvalue weighted by Gasteiger charge is -2.26. The molecule has 0 saturated carbocycles. The second-order valence-electron chi connectivity index (χ2n) is 4.29. The van der Waals surface area contributed by atoms with Gasteiger partial charge in [-0.05, 0) is 6.42 Å². The number of piperazine rings is 1. The Balaban J connectivity index is 0.000000203. The van der Waals surface area contributed by atoms with Crippen molar-refractivity contribution in [2.45, 2.75) is 24.7 Å². The van der Waals surface area contributed by atoms with Crippen molar-refractivity contribution in [2.75, 3.05) is 33.4 Å². The van der Waals surface area contributed by atoms with Gasteiger partial charge >= 0.3 is 12.1 Å². The third-order valence-corrected chi connectivity index (χ3v) is 3.00. The molecule has 2 atom stereocenters. The van der Waals surface area contributed by atoms with E-state index in [2.05, 4.69) is 10.2 Å². The van der Waals surface area contributed by atoms with Gasteiger partial charge in [-0.1, -0.05) is 0 Å². The zero-order chi connectivity index (χ0) is 13.8. The summed E-state index contributed by atoms with van der Waals surface area (Å²) in [6.07, 6.45) is -3.73. The number of carboxylic acids is 1. The molecule has 2 N–H and O–H groups in total. The van der Waals surface area contributed by atoms with Crippen molar-refractivity contribution in [2.24, 2.45) is 0 Å². The fraction of sp³-hybridized carbons (Fsp3) is 0.900. The van der Waals surface area contributed by atoms with Gasteiger partial charge in [-0.15, -0.1) is 0 Å². The number of rotatable bonds is 3. The molecule has 0 aliphatic carbocycles. The van der Waals surface area contributed by atoms with Crippen LogP contribution in [0.15, 0.2) is 0 Å². The third-order valence-electron chi connectivity index (χ3n) is 3.00. The number of nitrogens with one attached hydrogen (secondary N) is 1. The maximum absolute atomic E-state index is 10.6. The molecule has 2 rings (SSSR count). The highest BCUT2D eigenvalue weighted by atomic mass is 19.4. The van der Waals surface area contributed by atoms with Crippen molar-refractivity contribution in [3.8, 4) is 0 Å². The summed E-state index contributed by atoms with van der Waals surface area (Å²) in [6.45, 7) is 4.41. The van der Waals surface area contributed by atoms with Gasteiger partial charge in [0.25, 0.3) is 0 Å². The SMILES string of the molecule is COCCN1C[C@@H]2C[C@H]1CN2.O=C(O)C(F)(F)F. The molecule has 0 aromatic rings. The van der Waals surface area contributed by atoms with E-state index < -0.39 is 12.1 Å². The predicted octanol–water partition coefficient (Wildman–Crippen LogP) is 0.312. The Hall–Kier alpha value is -0.860.